The van der Waals surface area contributed by atoms with E-state index in [-0.39, 0.29) is 24.4 Å². The molecule has 0 saturated heterocycles. The number of halogens is 2. The van der Waals surface area contributed by atoms with E-state index in [1.165, 1.54) is 0 Å². The van der Waals surface area contributed by atoms with Crippen molar-refractivity contribution in [2.75, 3.05) is 13.6 Å². The van der Waals surface area contributed by atoms with Crippen molar-refractivity contribution in [1.82, 2.24) is 10.6 Å². The van der Waals surface area contributed by atoms with E-state index in [9.17, 15) is 4.79 Å². The van der Waals surface area contributed by atoms with Crippen LogP contribution in [0.3, 0.4) is 0 Å². The Morgan fingerprint density at radius 3 is 2.65 bits per heavy atom. The topological polar surface area (TPSA) is 41.1 Å². The van der Waals surface area contributed by atoms with Gasteiger partial charge in [-0.05, 0) is 54.5 Å². The Kier molecular flexibility index (Phi) is 7.43. The molecule has 0 aliphatic carbocycles. The van der Waals surface area contributed by atoms with Crippen LogP contribution in [0, 0.1) is 6.92 Å². The molecule has 1 rings (SSSR count). The fourth-order valence-electron chi connectivity index (χ4n) is 1.25. The summed E-state index contributed by atoms with van der Waals surface area (Å²) in [5, 5.41) is 5.95. The highest BCUT2D eigenvalue weighted by molar-refractivity contribution is 9.10. The number of hydrogen-bond donors (Lipinski definition) is 2. The second kappa shape index (κ2) is 7.69. The van der Waals surface area contributed by atoms with Crippen molar-refractivity contribution in [3.05, 3.63) is 33.8 Å². The number of rotatable bonds is 4. The van der Waals surface area contributed by atoms with Gasteiger partial charge in [-0.15, -0.1) is 12.4 Å². The minimum absolute atomic E-state index is 0. The Morgan fingerprint density at radius 1 is 1.47 bits per heavy atom. The maximum atomic E-state index is 11.8. The van der Waals surface area contributed by atoms with Crippen LogP contribution < -0.4 is 10.6 Å². The highest BCUT2D eigenvalue weighted by Crippen LogP contribution is 2.18. The van der Waals surface area contributed by atoms with Crippen LogP contribution in [0.25, 0.3) is 0 Å². The fourth-order valence-corrected chi connectivity index (χ4v) is 1.92. The first-order valence-corrected chi connectivity index (χ1v) is 6.05. The van der Waals surface area contributed by atoms with Crippen LogP contribution in [0.4, 0.5) is 0 Å². The summed E-state index contributed by atoms with van der Waals surface area (Å²) < 4.78 is 0.835. The summed E-state index contributed by atoms with van der Waals surface area (Å²) in [6.07, 6.45) is 0. The summed E-state index contributed by atoms with van der Waals surface area (Å²) in [6.45, 7) is 4.63. The van der Waals surface area contributed by atoms with Crippen molar-refractivity contribution in [2.45, 2.75) is 19.9 Å². The number of nitrogens with one attached hydrogen (secondary N) is 2. The standard InChI is InChI=1S/C12H17BrN2O.ClH/c1-8-4-5-10(11(13)6-8)12(16)15-7-9(2)14-3;/h4-6,9,14H,7H2,1-3H3,(H,15,16);1H. The predicted molar refractivity (Wildman–Crippen MR) is 77.0 cm³/mol. The molecular weight excluding hydrogens is 304 g/mol. The molecular formula is C12H18BrClN2O. The second-order valence-electron chi connectivity index (χ2n) is 3.88. The third-order valence-corrected chi connectivity index (χ3v) is 3.09. The van der Waals surface area contributed by atoms with Crippen LogP contribution >= 0.6 is 28.3 Å². The SMILES string of the molecule is CNC(C)CNC(=O)c1ccc(C)cc1Br.Cl. The van der Waals surface area contributed by atoms with Crippen LogP contribution in [-0.2, 0) is 0 Å². The van der Waals surface area contributed by atoms with Gasteiger partial charge in [-0.25, -0.2) is 0 Å². The number of likely N-dealkylation sites (N-methyl/N-ethyl adjacent to an activating group) is 1. The maximum Gasteiger partial charge on any atom is 0.252 e. The van der Waals surface area contributed by atoms with Crippen molar-refractivity contribution in [2.24, 2.45) is 0 Å². The number of benzene rings is 1. The number of amides is 1. The van der Waals surface area contributed by atoms with E-state index >= 15 is 0 Å². The third kappa shape index (κ3) is 5.06. The van der Waals surface area contributed by atoms with Gasteiger partial charge in [0, 0.05) is 17.1 Å². The molecule has 17 heavy (non-hydrogen) atoms. The number of hydrogen-bond acceptors (Lipinski definition) is 2. The molecule has 96 valence electrons. The molecule has 0 heterocycles. The maximum absolute atomic E-state index is 11.8. The minimum atomic E-state index is -0.0472. The van der Waals surface area contributed by atoms with Gasteiger partial charge >= 0.3 is 0 Å². The molecule has 1 aromatic carbocycles. The first-order chi connectivity index (χ1) is 7.54. The molecule has 0 aliphatic heterocycles. The van der Waals surface area contributed by atoms with Crippen LogP contribution in [0.5, 0.6) is 0 Å². The third-order valence-electron chi connectivity index (χ3n) is 2.43. The summed E-state index contributed by atoms with van der Waals surface area (Å²) in [6, 6.07) is 5.98. The average Bonchev–Trinajstić information content (AvgIpc) is 2.25. The van der Waals surface area contributed by atoms with E-state index in [4.69, 9.17) is 0 Å². The fraction of sp³-hybridized carbons (Fsp3) is 0.417. The van der Waals surface area contributed by atoms with E-state index in [1.54, 1.807) is 0 Å². The first-order valence-electron chi connectivity index (χ1n) is 5.26. The Bertz CT molecular complexity index is 385. The lowest BCUT2D eigenvalue weighted by molar-refractivity contribution is 0.0950. The summed E-state index contributed by atoms with van der Waals surface area (Å²) in [5.74, 6) is -0.0472. The molecule has 0 radical (unpaired) electrons. The Labute approximate surface area is 117 Å². The highest BCUT2D eigenvalue weighted by Gasteiger charge is 2.10. The van der Waals surface area contributed by atoms with Crippen molar-refractivity contribution < 1.29 is 4.79 Å². The highest BCUT2D eigenvalue weighted by atomic mass is 79.9. The molecule has 1 atom stereocenters. The lowest BCUT2D eigenvalue weighted by Crippen LogP contribution is -2.37. The largest absolute Gasteiger partial charge is 0.350 e. The van der Waals surface area contributed by atoms with Crippen molar-refractivity contribution in [3.8, 4) is 0 Å². The van der Waals surface area contributed by atoms with Crippen molar-refractivity contribution in [3.63, 3.8) is 0 Å². The van der Waals surface area contributed by atoms with Gasteiger partial charge in [0.05, 0.1) is 5.56 Å². The monoisotopic (exact) mass is 320 g/mol. The Balaban J connectivity index is 0.00000256. The van der Waals surface area contributed by atoms with Gasteiger partial charge in [0.1, 0.15) is 0 Å². The molecule has 1 unspecified atom stereocenters. The van der Waals surface area contributed by atoms with E-state index in [0.29, 0.717) is 12.1 Å². The van der Waals surface area contributed by atoms with Crippen molar-refractivity contribution >= 4 is 34.2 Å². The van der Waals surface area contributed by atoms with E-state index in [2.05, 4.69) is 26.6 Å². The molecule has 0 saturated carbocycles. The predicted octanol–water partition coefficient (Wildman–Crippen LogP) is 2.52. The van der Waals surface area contributed by atoms with Gasteiger partial charge in [0.25, 0.3) is 5.91 Å². The van der Waals surface area contributed by atoms with Crippen LogP contribution in [0.2, 0.25) is 0 Å². The molecule has 3 nitrogen and oxygen atoms in total. The first kappa shape index (κ1) is 16.4. The Hall–Kier alpha value is -0.580. The van der Waals surface area contributed by atoms with Gasteiger partial charge in [-0.2, -0.15) is 0 Å². The molecule has 5 heteroatoms. The second-order valence-corrected chi connectivity index (χ2v) is 4.74. The molecule has 1 amide bonds. The molecule has 0 bridgehead atoms. The number of aryl methyl sites for hydroxylation is 1. The van der Waals surface area contributed by atoms with Gasteiger partial charge < -0.3 is 10.6 Å². The van der Waals surface area contributed by atoms with Gasteiger partial charge in [0.15, 0.2) is 0 Å². The van der Waals surface area contributed by atoms with E-state index < -0.39 is 0 Å². The summed E-state index contributed by atoms with van der Waals surface area (Å²) >= 11 is 3.40. The van der Waals surface area contributed by atoms with E-state index in [1.807, 2.05) is 39.1 Å². The zero-order valence-electron chi connectivity index (χ0n) is 10.2. The molecule has 1 aromatic rings. The van der Waals surface area contributed by atoms with Gasteiger partial charge in [0.2, 0.25) is 0 Å². The zero-order chi connectivity index (χ0) is 12.1. The molecule has 0 aliphatic rings. The quantitative estimate of drug-likeness (QED) is 0.895. The number of carbonyl (C=O) groups excluding carboxylic acids is 1. The van der Waals surface area contributed by atoms with Gasteiger partial charge in [-0.1, -0.05) is 6.07 Å². The molecule has 0 aromatic heterocycles. The smallest absolute Gasteiger partial charge is 0.252 e. The van der Waals surface area contributed by atoms with Crippen LogP contribution in [-0.4, -0.2) is 25.5 Å². The lowest BCUT2D eigenvalue weighted by atomic mass is 10.1. The van der Waals surface area contributed by atoms with Crippen molar-refractivity contribution in [1.29, 1.82) is 0 Å². The summed E-state index contributed by atoms with van der Waals surface area (Å²) in [7, 11) is 1.87. The normalized spacial score (nSPS) is 11.5. The summed E-state index contributed by atoms with van der Waals surface area (Å²) in [5.41, 5.74) is 1.81. The summed E-state index contributed by atoms with van der Waals surface area (Å²) in [4.78, 5) is 11.8. The molecule has 2 N–H and O–H groups in total. The van der Waals surface area contributed by atoms with Crippen LogP contribution in [0.15, 0.2) is 22.7 Å². The van der Waals surface area contributed by atoms with Gasteiger partial charge in [-0.3, -0.25) is 4.79 Å². The van der Waals surface area contributed by atoms with E-state index in [0.717, 1.165) is 10.0 Å². The average molecular weight is 322 g/mol. The zero-order valence-corrected chi connectivity index (χ0v) is 12.6. The minimum Gasteiger partial charge on any atom is -0.350 e. The Morgan fingerprint density at radius 2 is 2.12 bits per heavy atom. The molecule has 0 fully saturated rings. The number of carbonyl (C=O) groups is 1. The molecule has 0 spiro atoms. The lowest BCUT2D eigenvalue weighted by Gasteiger charge is -2.12. The van der Waals surface area contributed by atoms with Crippen LogP contribution in [0.1, 0.15) is 22.8 Å².